The van der Waals surface area contributed by atoms with E-state index in [1.807, 2.05) is 6.07 Å². The number of fused-ring (bicyclic) bond motifs is 1. The number of rotatable bonds is 6. The van der Waals surface area contributed by atoms with Gasteiger partial charge < -0.3 is 10.1 Å². The topological polar surface area (TPSA) is 114 Å². The van der Waals surface area contributed by atoms with Gasteiger partial charge in [0, 0.05) is 11.0 Å². The van der Waals surface area contributed by atoms with E-state index in [4.69, 9.17) is 10.00 Å². The van der Waals surface area contributed by atoms with Crippen molar-refractivity contribution in [3.8, 4) is 6.07 Å². The molecule has 0 atom stereocenters. The molecule has 2 aromatic heterocycles. The third-order valence-corrected chi connectivity index (χ3v) is 5.07. The highest BCUT2D eigenvalue weighted by Crippen LogP contribution is 2.21. The molecule has 0 unspecified atom stereocenters. The lowest BCUT2D eigenvalue weighted by Gasteiger charge is -2.08. The Morgan fingerprint density at radius 2 is 2.18 bits per heavy atom. The lowest BCUT2D eigenvalue weighted by Crippen LogP contribution is -2.24. The van der Waals surface area contributed by atoms with E-state index < -0.39 is 18.5 Å². The molecule has 2 heterocycles. The van der Waals surface area contributed by atoms with Crippen LogP contribution in [0.3, 0.4) is 0 Å². The van der Waals surface area contributed by atoms with E-state index in [9.17, 15) is 14.4 Å². The minimum atomic E-state index is -0.622. The van der Waals surface area contributed by atoms with Crippen molar-refractivity contribution >= 4 is 55.0 Å². The second kappa shape index (κ2) is 8.77. The molecule has 0 fully saturated rings. The molecule has 0 spiro atoms. The van der Waals surface area contributed by atoms with Gasteiger partial charge in [-0.3, -0.25) is 19.0 Å². The number of benzene rings is 1. The van der Waals surface area contributed by atoms with E-state index >= 15 is 0 Å². The summed E-state index contributed by atoms with van der Waals surface area (Å²) in [6.45, 7) is -0.391. The maximum atomic E-state index is 12.5. The fraction of sp³-hybridized carbons (Fsp3) is 0.167. The Hall–Kier alpha value is -3.03. The minimum Gasteiger partial charge on any atom is -0.456 e. The van der Waals surface area contributed by atoms with Crippen molar-refractivity contribution in [2.45, 2.75) is 13.0 Å². The highest BCUT2D eigenvalue weighted by molar-refractivity contribution is 9.10. The van der Waals surface area contributed by atoms with Crippen LogP contribution in [0.5, 0.6) is 0 Å². The van der Waals surface area contributed by atoms with Crippen molar-refractivity contribution < 1.29 is 14.3 Å². The lowest BCUT2D eigenvalue weighted by molar-refractivity contribution is -0.147. The summed E-state index contributed by atoms with van der Waals surface area (Å²) in [4.78, 5) is 40.4. The molecule has 0 aliphatic carbocycles. The van der Waals surface area contributed by atoms with E-state index in [-0.39, 0.29) is 18.5 Å². The van der Waals surface area contributed by atoms with Crippen molar-refractivity contribution in [3.05, 3.63) is 56.4 Å². The Morgan fingerprint density at radius 1 is 1.36 bits per heavy atom. The molecule has 0 aliphatic rings. The molecular weight excluding hydrogens is 448 g/mol. The fourth-order valence-corrected chi connectivity index (χ4v) is 3.49. The number of thiophene rings is 1. The molecule has 10 heteroatoms. The number of hydrogen-bond donors (Lipinski definition) is 1. The highest BCUT2D eigenvalue weighted by atomic mass is 79.9. The molecule has 1 aromatic carbocycles. The number of esters is 1. The van der Waals surface area contributed by atoms with Crippen LogP contribution in [0.25, 0.3) is 10.9 Å². The molecule has 3 rings (SSSR count). The molecule has 1 N–H and O–H groups in total. The summed E-state index contributed by atoms with van der Waals surface area (Å²) in [5.41, 5.74) is 0.645. The number of hydrogen-bond acceptors (Lipinski definition) is 7. The number of nitriles is 1. The summed E-state index contributed by atoms with van der Waals surface area (Å²) in [7, 11) is 0. The second-order valence-electron chi connectivity index (χ2n) is 5.64. The highest BCUT2D eigenvalue weighted by Gasteiger charge is 2.12. The van der Waals surface area contributed by atoms with Crippen LogP contribution in [-0.4, -0.2) is 28.0 Å². The molecule has 0 aliphatic heterocycles. The zero-order valence-electron chi connectivity index (χ0n) is 14.3. The number of carbonyl (C=O) groups excluding carboxylic acids is 2. The SMILES string of the molecule is N#Cc1ccsc1NC(=O)COC(=O)CCn1cnc2ccc(Br)cc2c1=O. The number of carbonyl (C=O) groups is 2. The van der Waals surface area contributed by atoms with Crippen molar-refractivity contribution in [1.82, 2.24) is 9.55 Å². The normalized spacial score (nSPS) is 10.4. The van der Waals surface area contributed by atoms with Crippen LogP contribution in [0, 0.1) is 11.3 Å². The summed E-state index contributed by atoms with van der Waals surface area (Å²) in [6, 6.07) is 8.72. The van der Waals surface area contributed by atoms with E-state index in [2.05, 4.69) is 26.2 Å². The summed E-state index contributed by atoms with van der Waals surface area (Å²) < 4.78 is 7.00. The largest absolute Gasteiger partial charge is 0.456 e. The predicted molar refractivity (Wildman–Crippen MR) is 107 cm³/mol. The average Bonchev–Trinajstić information content (AvgIpc) is 3.13. The molecule has 0 saturated carbocycles. The fourth-order valence-electron chi connectivity index (χ4n) is 2.38. The Kier molecular flexibility index (Phi) is 6.18. The van der Waals surface area contributed by atoms with Crippen LogP contribution in [0.15, 0.2) is 45.2 Å². The average molecular weight is 461 g/mol. The molecule has 0 saturated heterocycles. The lowest BCUT2D eigenvalue weighted by atomic mass is 10.2. The summed E-state index contributed by atoms with van der Waals surface area (Å²) in [5, 5.41) is 13.9. The number of anilines is 1. The van der Waals surface area contributed by atoms with Gasteiger partial charge in [0.15, 0.2) is 6.61 Å². The summed E-state index contributed by atoms with van der Waals surface area (Å²) in [6.07, 6.45) is 1.29. The van der Waals surface area contributed by atoms with Gasteiger partial charge in [-0.15, -0.1) is 11.3 Å². The second-order valence-corrected chi connectivity index (χ2v) is 7.47. The van der Waals surface area contributed by atoms with Gasteiger partial charge in [-0.25, -0.2) is 4.98 Å². The first kappa shape index (κ1) is 19.7. The molecule has 8 nitrogen and oxygen atoms in total. The Labute approximate surface area is 171 Å². The van der Waals surface area contributed by atoms with Gasteiger partial charge in [0.25, 0.3) is 11.5 Å². The van der Waals surface area contributed by atoms with E-state index in [0.29, 0.717) is 21.5 Å². The number of amides is 1. The number of halogens is 1. The monoisotopic (exact) mass is 460 g/mol. The van der Waals surface area contributed by atoms with Gasteiger partial charge >= 0.3 is 5.97 Å². The van der Waals surface area contributed by atoms with Crippen LogP contribution < -0.4 is 10.9 Å². The van der Waals surface area contributed by atoms with Crippen molar-refractivity contribution in [3.63, 3.8) is 0 Å². The molecular formula is C18H13BrN4O4S. The standard InChI is InChI=1S/C18H13BrN4O4S/c19-12-1-2-14-13(7-12)18(26)23(10-21-14)5-3-16(25)27-9-15(24)22-17-11(8-20)4-6-28-17/h1-2,4,6-7,10H,3,5,9H2,(H,22,24). The quantitative estimate of drug-likeness (QED) is 0.565. The molecule has 28 heavy (non-hydrogen) atoms. The van der Waals surface area contributed by atoms with E-state index in [0.717, 1.165) is 4.47 Å². The third kappa shape index (κ3) is 4.62. The van der Waals surface area contributed by atoms with E-state index in [1.54, 1.807) is 29.6 Å². The number of aromatic nitrogens is 2. The number of nitrogens with zero attached hydrogens (tertiary/aromatic N) is 3. The van der Waals surface area contributed by atoms with Gasteiger partial charge in [0.2, 0.25) is 0 Å². The van der Waals surface area contributed by atoms with Crippen LogP contribution in [0.2, 0.25) is 0 Å². The van der Waals surface area contributed by atoms with Gasteiger partial charge in [-0.1, -0.05) is 15.9 Å². The van der Waals surface area contributed by atoms with E-state index in [1.165, 1.54) is 22.2 Å². The van der Waals surface area contributed by atoms with Crippen LogP contribution in [-0.2, 0) is 20.9 Å². The molecule has 3 aromatic rings. The minimum absolute atomic E-state index is 0.0816. The van der Waals surface area contributed by atoms with Gasteiger partial charge in [-0.05, 0) is 29.6 Å². The number of ether oxygens (including phenoxy) is 1. The van der Waals surface area contributed by atoms with Crippen LogP contribution >= 0.6 is 27.3 Å². The van der Waals surface area contributed by atoms with Gasteiger partial charge in [-0.2, -0.15) is 5.26 Å². The van der Waals surface area contributed by atoms with Crippen molar-refractivity contribution in [1.29, 1.82) is 5.26 Å². The van der Waals surface area contributed by atoms with Gasteiger partial charge in [0.05, 0.1) is 29.2 Å². The number of nitrogens with one attached hydrogen (secondary N) is 1. The van der Waals surface area contributed by atoms with Crippen LogP contribution in [0.4, 0.5) is 5.00 Å². The Balaban J connectivity index is 1.54. The molecule has 0 bridgehead atoms. The Bertz CT molecular complexity index is 1150. The summed E-state index contributed by atoms with van der Waals surface area (Å²) >= 11 is 4.52. The summed E-state index contributed by atoms with van der Waals surface area (Å²) in [5.74, 6) is -1.16. The zero-order valence-corrected chi connectivity index (χ0v) is 16.7. The van der Waals surface area contributed by atoms with Crippen molar-refractivity contribution in [2.24, 2.45) is 0 Å². The first-order chi connectivity index (χ1) is 13.5. The first-order valence-corrected chi connectivity index (χ1v) is 9.73. The maximum absolute atomic E-state index is 12.5. The molecule has 142 valence electrons. The smallest absolute Gasteiger partial charge is 0.308 e. The van der Waals surface area contributed by atoms with Gasteiger partial charge in [0.1, 0.15) is 11.1 Å². The predicted octanol–water partition coefficient (Wildman–Crippen LogP) is 2.66. The van der Waals surface area contributed by atoms with Crippen molar-refractivity contribution in [2.75, 3.05) is 11.9 Å². The molecule has 1 amide bonds. The third-order valence-electron chi connectivity index (χ3n) is 3.75. The van der Waals surface area contributed by atoms with Crippen LogP contribution in [0.1, 0.15) is 12.0 Å². The first-order valence-electron chi connectivity index (χ1n) is 8.05. The zero-order chi connectivity index (χ0) is 20.1. The number of aryl methyl sites for hydroxylation is 1. The maximum Gasteiger partial charge on any atom is 0.308 e. The Morgan fingerprint density at radius 3 is 2.96 bits per heavy atom. The molecule has 0 radical (unpaired) electrons.